The van der Waals surface area contributed by atoms with Crippen LogP contribution in [0.2, 0.25) is 5.02 Å². The highest BCUT2D eigenvalue weighted by Crippen LogP contribution is 2.32. The zero-order chi connectivity index (χ0) is 17.8. The largest absolute Gasteiger partial charge is 0.493 e. The van der Waals surface area contributed by atoms with E-state index in [1.807, 2.05) is 30.3 Å². The van der Waals surface area contributed by atoms with Gasteiger partial charge in [0.25, 0.3) is 5.91 Å². The number of methoxy groups -OCH3 is 1. The van der Waals surface area contributed by atoms with Crippen LogP contribution >= 0.6 is 23.4 Å². The molecule has 0 unspecified atom stereocenters. The molecular formula is C18H15ClN2O3S. The maximum absolute atomic E-state index is 11.7. The molecule has 1 aliphatic rings. The van der Waals surface area contributed by atoms with Gasteiger partial charge >= 0.3 is 0 Å². The summed E-state index contributed by atoms with van der Waals surface area (Å²) in [7, 11) is 1.57. The molecule has 0 saturated heterocycles. The smallest absolute Gasteiger partial charge is 0.286 e. The average Bonchev–Trinajstić information content (AvgIpc) is 2.92. The van der Waals surface area contributed by atoms with E-state index in [0.717, 1.165) is 22.9 Å². The third kappa shape index (κ3) is 4.35. The molecule has 7 heteroatoms. The minimum atomic E-state index is -0.329. The van der Waals surface area contributed by atoms with Crippen LogP contribution in [0.3, 0.4) is 0 Å². The molecule has 0 fully saturated rings. The number of amides is 1. The molecule has 1 aliphatic heterocycles. The molecule has 1 heterocycles. The fourth-order valence-corrected chi connectivity index (χ4v) is 3.02. The van der Waals surface area contributed by atoms with Gasteiger partial charge in [0.1, 0.15) is 6.61 Å². The summed E-state index contributed by atoms with van der Waals surface area (Å²) in [6, 6.07) is 12.9. The number of hydrogen-bond donors (Lipinski definition) is 1. The van der Waals surface area contributed by atoms with Crippen molar-refractivity contribution in [2.75, 3.05) is 7.11 Å². The molecule has 0 aliphatic carbocycles. The summed E-state index contributed by atoms with van der Waals surface area (Å²) in [4.78, 5) is 15.8. The van der Waals surface area contributed by atoms with Gasteiger partial charge in [0, 0.05) is 5.02 Å². The van der Waals surface area contributed by atoms with E-state index in [4.69, 9.17) is 26.8 Å². The van der Waals surface area contributed by atoms with Crippen molar-refractivity contribution in [3.05, 3.63) is 63.5 Å². The Morgan fingerprint density at radius 3 is 2.60 bits per heavy atom. The molecule has 0 spiro atoms. The van der Waals surface area contributed by atoms with E-state index in [0.29, 0.717) is 28.0 Å². The lowest BCUT2D eigenvalue weighted by Crippen LogP contribution is -2.01. The summed E-state index contributed by atoms with van der Waals surface area (Å²) in [6.45, 7) is 0.396. The first-order chi connectivity index (χ1) is 12.0. The van der Waals surface area contributed by atoms with Gasteiger partial charge in [-0.25, -0.2) is 0 Å². The van der Waals surface area contributed by atoms with Crippen LogP contribution in [0.25, 0.3) is 6.08 Å². The van der Waals surface area contributed by atoms with E-state index in [-0.39, 0.29) is 11.1 Å². The van der Waals surface area contributed by atoms with Crippen LogP contribution in [0, 0.1) is 0 Å². The lowest BCUT2D eigenvalue weighted by atomic mass is 10.2. The summed E-state index contributed by atoms with van der Waals surface area (Å²) >= 11 is 7.03. The lowest BCUT2D eigenvalue weighted by Gasteiger charge is -2.11. The van der Waals surface area contributed by atoms with E-state index >= 15 is 0 Å². The quantitative estimate of drug-likeness (QED) is 0.804. The maximum atomic E-state index is 11.7. The summed E-state index contributed by atoms with van der Waals surface area (Å²) < 4.78 is 11.2. The van der Waals surface area contributed by atoms with Crippen molar-refractivity contribution < 1.29 is 14.3 Å². The number of halogens is 1. The van der Waals surface area contributed by atoms with Crippen molar-refractivity contribution in [2.24, 2.45) is 10.7 Å². The normalized spacial score (nSPS) is 15.4. The summed E-state index contributed by atoms with van der Waals surface area (Å²) in [6.07, 6.45) is 1.72. The highest BCUT2D eigenvalue weighted by molar-refractivity contribution is 8.18. The second-order valence-corrected chi connectivity index (χ2v) is 6.69. The molecule has 1 amide bonds. The van der Waals surface area contributed by atoms with E-state index < -0.39 is 0 Å². The first kappa shape index (κ1) is 17.4. The zero-order valence-electron chi connectivity index (χ0n) is 13.4. The number of thioether (sulfide) groups is 1. The van der Waals surface area contributed by atoms with Gasteiger partial charge in [0.2, 0.25) is 0 Å². The molecule has 2 N–H and O–H groups in total. The minimum Gasteiger partial charge on any atom is -0.493 e. The van der Waals surface area contributed by atoms with E-state index in [1.165, 1.54) is 0 Å². The number of nitrogens with two attached hydrogens (primary N) is 1. The van der Waals surface area contributed by atoms with Gasteiger partial charge in [0.15, 0.2) is 16.7 Å². The molecule has 0 saturated carbocycles. The highest BCUT2D eigenvalue weighted by atomic mass is 35.5. The van der Waals surface area contributed by atoms with Gasteiger partial charge in [-0.05, 0) is 53.2 Å². The van der Waals surface area contributed by atoms with Crippen LogP contribution in [-0.2, 0) is 11.4 Å². The van der Waals surface area contributed by atoms with Gasteiger partial charge in [0.05, 0.1) is 12.0 Å². The molecule has 2 aromatic rings. The molecule has 0 atom stereocenters. The molecule has 5 nitrogen and oxygen atoms in total. The van der Waals surface area contributed by atoms with Crippen LogP contribution < -0.4 is 15.2 Å². The molecular weight excluding hydrogens is 360 g/mol. The van der Waals surface area contributed by atoms with Gasteiger partial charge in [-0.15, -0.1) is 0 Å². The van der Waals surface area contributed by atoms with Crippen molar-refractivity contribution in [3.63, 3.8) is 0 Å². The first-order valence-electron chi connectivity index (χ1n) is 7.38. The number of nitrogens with zero attached hydrogens (tertiary/aromatic N) is 1. The molecule has 0 bridgehead atoms. The fraction of sp³-hybridized carbons (Fsp3) is 0.111. The number of carbonyl (C=O) groups excluding carboxylic acids is 1. The molecule has 0 radical (unpaired) electrons. The Labute approximate surface area is 154 Å². The number of hydrogen-bond acceptors (Lipinski definition) is 5. The maximum Gasteiger partial charge on any atom is 0.286 e. The van der Waals surface area contributed by atoms with Crippen molar-refractivity contribution in [1.29, 1.82) is 0 Å². The predicted molar refractivity (Wildman–Crippen MR) is 101 cm³/mol. The molecule has 3 rings (SSSR count). The zero-order valence-corrected chi connectivity index (χ0v) is 14.9. The van der Waals surface area contributed by atoms with Crippen molar-refractivity contribution >= 4 is 40.5 Å². The van der Waals surface area contributed by atoms with Crippen molar-refractivity contribution in [1.82, 2.24) is 0 Å². The molecule has 128 valence electrons. The SMILES string of the molecule is COc1cc(/C=C2/SC(N)=NC2=O)ccc1OCc1ccc(Cl)cc1. The molecule has 0 aromatic heterocycles. The second kappa shape index (κ2) is 7.63. The number of ether oxygens (including phenoxy) is 2. The van der Waals surface area contributed by atoms with E-state index in [9.17, 15) is 4.79 Å². The molecule has 2 aromatic carbocycles. The Bertz CT molecular complexity index is 863. The van der Waals surface area contributed by atoms with Gasteiger partial charge in [-0.1, -0.05) is 29.8 Å². The van der Waals surface area contributed by atoms with Gasteiger partial charge in [-0.3, -0.25) is 4.79 Å². The third-order valence-electron chi connectivity index (χ3n) is 3.43. The van der Waals surface area contributed by atoms with E-state index in [1.54, 1.807) is 25.3 Å². The monoisotopic (exact) mass is 374 g/mol. The summed E-state index contributed by atoms with van der Waals surface area (Å²) in [5, 5.41) is 0.939. The predicted octanol–water partition coefficient (Wildman–Crippen LogP) is 3.86. The summed E-state index contributed by atoms with van der Waals surface area (Å²) in [5.41, 5.74) is 7.35. The van der Waals surface area contributed by atoms with Crippen LogP contribution in [0.1, 0.15) is 11.1 Å². The highest BCUT2D eigenvalue weighted by Gasteiger charge is 2.19. The Hall–Kier alpha value is -2.44. The van der Waals surface area contributed by atoms with Crippen LogP contribution in [-0.4, -0.2) is 18.2 Å². The third-order valence-corrected chi connectivity index (χ3v) is 4.49. The van der Waals surface area contributed by atoms with Crippen LogP contribution in [0.5, 0.6) is 11.5 Å². The Morgan fingerprint density at radius 1 is 1.20 bits per heavy atom. The van der Waals surface area contributed by atoms with Gasteiger partial charge < -0.3 is 15.2 Å². The minimum absolute atomic E-state index is 0.256. The Morgan fingerprint density at radius 2 is 1.96 bits per heavy atom. The first-order valence-corrected chi connectivity index (χ1v) is 8.58. The number of rotatable bonds is 5. The average molecular weight is 375 g/mol. The topological polar surface area (TPSA) is 73.9 Å². The van der Waals surface area contributed by atoms with Crippen LogP contribution in [0.4, 0.5) is 0 Å². The number of carbonyl (C=O) groups is 1. The number of aliphatic imine (C=N–C) groups is 1. The Kier molecular flexibility index (Phi) is 5.31. The Balaban J connectivity index is 1.74. The number of amidine groups is 1. The second-order valence-electron chi connectivity index (χ2n) is 5.19. The van der Waals surface area contributed by atoms with Gasteiger partial charge in [-0.2, -0.15) is 4.99 Å². The lowest BCUT2D eigenvalue weighted by molar-refractivity contribution is -0.113. The van der Waals surface area contributed by atoms with Crippen molar-refractivity contribution in [3.8, 4) is 11.5 Å². The molecule has 25 heavy (non-hydrogen) atoms. The number of benzene rings is 2. The van der Waals surface area contributed by atoms with Crippen LogP contribution in [0.15, 0.2) is 52.4 Å². The standard InChI is InChI=1S/C18H15ClN2O3S/c1-23-15-8-12(9-16-17(22)21-18(20)25-16)4-7-14(15)24-10-11-2-5-13(19)6-3-11/h2-9H,10H2,1H3,(H2,20,21,22)/b16-9+. The summed E-state index contributed by atoms with van der Waals surface area (Å²) in [5.74, 6) is 0.859. The fourth-order valence-electron chi connectivity index (χ4n) is 2.21. The van der Waals surface area contributed by atoms with Crippen molar-refractivity contribution in [2.45, 2.75) is 6.61 Å². The van der Waals surface area contributed by atoms with E-state index in [2.05, 4.69) is 4.99 Å².